The normalized spacial score (nSPS) is 14.1. The maximum absolute atomic E-state index is 10.7. The predicted octanol–water partition coefficient (Wildman–Crippen LogP) is 6.52. The lowest BCUT2D eigenvalue weighted by Crippen LogP contribution is -2.52. The summed E-state index contributed by atoms with van der Waals surface area (Å²) >= 11 is 0. The molecule has 1 N–H and O–H groups in total. The smallest absolute Gasteiger partial charge is 0.115 e. The fourth-order valence-electron chi connectivity index (χ4n) is 4.67. The maximum Gasteiger partial charge on any atom is 0.115 e. The Balaban J connectivity index is 1.64. The monoisotopic (exact) mass is 582 g/mol. The van der Waals surface area contributed by atoms with Crippen LogP contribution in [0.5, 0.6) is 0 Å². The molecule has 6 heteroatoms. The van der Waals surface area contributed by atoms with Gasteiger partial charge in [-0.15, -0.1) is 6.58 Å². The Morgan fingerprint density at radius 1 is 0.512 bits per heavy atom. The molecule has 4 rings (SSSR count). The third kappa shape index (κ3) is 11.2. The van der Waals surface area contributed by atoms with Gasteiger partial charge in [-0.05, 0) is 22.3 Å². The van der Waals surface area contributed by atoms with Crippen molar-refractivity contribution < 1.29 is 28.8 Å². The minimum Gasteiger partial charge on any atom is -0.394 e. The molecule has 0 aliphatic heterocycles. The maximum atomic E-state index is 10.7. The molecular formula is C37H42O6. The zero-order valence-corrected chi connectivity index (χ0v) is 24.6. The number of hydrogen-bond donors (Lipinski definition) is 1. The van der Waals surface area contributed by atoms with Crippen LogP contribution < -0.4 is 0 Å². The van der Waals surface area contributed by atoms with Crippen LogP contribution in [0, 0.1) is 0 Å². The van der Waals surface area contributed by atoms with E-state index in [1.165, 1.54) is 0 Å². The molecule has 4 atom stereocenters. The lowest BCUT2D eigenvalue weighted by atomic mass is 10.0. The SMILES string of the molecule is C=CCOC[C@@H](OCc1ccccc1)[C@@H](OCc1ccccc1)[C@H](OCc1ccccc1)[C@@H](CO)OCc1ccccc1. The molecule has 0 aromatic heterocycles. The molecule has 0 saturated heterocycles. The molecule has 0 radical (unpaired) electrons. The van der Waals surface area contributed by atoms with Crippen molar-refractivity contribution in [2.75, 3.05) is 19.8 Å². The molecule has 0 amide bonds. The first-order chi connectivity index (χ1) is 21.3. The molecule has 0 aliphatic carbocycles. The van der Waals surface area contributed by atoms with Gasteiger partial charge in [0.25, 0.3) is 0 Å². The summed E-state index contributed by atoms with van der Waals surface area (Å²) < 4.78 is 32.0. The van der Waals surface area contributed by atoms with Gasteiger partial charge >= 0.3 is 0 Å². The van der Waals surface area contributed by atoms with E-state index in [2.05, 4.69) is 6.58 Å². The largest absolute Gasteiger partial charge is 0.394 e. The zero-order chi connectivity index (χ0) is 30.0. The van der Waals surface area contributed by atoms with Gasteiger partial charge < -0.3 is 28.8 Å². The highest BCUT2D eigenvalue weighted by molar-refractivity contribution is 5.16. The first kappa shape index (κ1) is 32.3. The molecule has 4 aromatic rings. The molecule has 0 heterocycles. The lowest BCUT2D eigenvalue weighted by Gasteiger charge is -2.37. The van der Waals surface area contributed by atoms with Crippen LogP contribution in [0.4, 0.5) is 0 Å². The van der Waals surface area contributed by atoms with Crippen LogP contribution in [0.2, 0.25) is 0 Å². The molecule has 43 heavy (non-hydrogen) atoms. The second-order valence-corrected chi connectivity index (χ2v) is 10.2. The van der Waals surface area contributed by atoms with Crippen LogP contribution in [-0.4, -0.2) is 49.3 Å². The van der Waals surface area contributed by atoms with Crippen molar-refractivity contribution in [1.29, 1.82) is 0 Å². The molecule has 0 spiro atoms. The van der Waals surface area contributed by atoms with Crippen LogP contribution in [-0.2, 0) is 50.1 Å². The molecule has 0 aliphatic rings. The van der Waals surface area contributed by atoms with Gasteiger partial charge in [0.1, 0.15) is 24.4 Å². The van der Waals surface area contributed by atoms with Crippen molar-refractivity contribution in [2.24, 2.45) is 0 Å². The van der Waals surface area contributed by atoms with Crippen LogP contribution in [0.1, 0.15) is 22.3 Å². The van der Waals surface area contributed by atoms with Crippen LogP contribution in [0.15, 0.2) is 134 Å². The summed E-state index contributed by atoms with van der Waals surface area (Å²) in [6.45, 7) is 5.41. The summed E-state index contributed by atoms with van der Waals surface area (Å²) in [5.74, 6) is 0. The highest BCUT2D eigenvalue weighted by Crippen LogP contribution is 2.23. The van der Waals surface area contributed by atoms with E-state index in [9.17, 15) is 5.11 Å². The third-order valence-corrected chi connectivity index (χ3v) is 6.94. The Bertz CT molecular complexity index is 1270. The number of aliphatic hydroxyl groups is 1. The van der Waals surface area contributed by atoms with E-state index in [4.69, 9.17) is 23.7 Å². The zero-order valence-electron chi connectivity index (χ0n) is 24.6. The number of benzene rings is 4. The molecule has 0 fully saturated rings. The molecule has 226 valence electrons. The van der Waals surface area contributed by atoms with Gasteiger partial charge in [0.05, 0.1) is 46.2 Å². The molecule has 0 saturated carbocycles. The highest BCUT2D eigenvalue weighted by Gasteiger charge is 2.38. The van der Waals surface area contributed by atoms with Gasteiger partial charge in [0.2, 0.25) is 0 Å². The van der Waals surface area contributed by atoms with Gasteiger partial charge in [-0.1, -0.05) is 127 Å². The van der Waals surface area contributed by atoms with E-state index in [0.29, 0.717) is 33.0 Å². The van der Waals surface area contributed by atoms with Gasteiger partial charge in [-0.3, -0.25) is 0 Å². The minimum atomic E-state index is -0.702. The molecule has 4 aromatic carbocycles. The molecule has 0 unspecified atom stereocenters. The lowest BCUT2D eigenvalue weighted by molar-refractivity contribution is -0.204. The van der Waals surface area contributed by atoms with Crippen molar-refractivity contribution in [3.63, 3.8) is 0 Å². The van der Waals surface area contributed by atoms with E-state index < -0.39 is 24.4 Å². The Kier molecular flexibility index (Phi) is 14.1. The van der Waals surface area contributed by atoms with Crippen molar-refractivity contribution in [1.82, 2.24) is 0 Å². The van der Waals surface area contributed by atoms with E-state index in [-0.39, 0.29) is 13.2 Å². The Morgan fingerprint density at radius 3 is 1.23 bits per heavy atom. The number of ether oxygens (including phenoxy) is 5. The average molecular weight is 583 g/mol. The summed E-state index contributed by atoms with van der Waals surface area (Å²) in [4.78, 5) is 0. The first-order valence-electron chi connectivity index (χ1n) is 14.7. The Hall–Kier alpha value is -3.62. The Morgan fingerprint density at radius 2 is 0.860 bits per heavy atom. The summed E-state index contributed by atoms with van der Waals surface area (Å²) in [6, 6.07) is 39.7. The van der Waals surface area contributed by atoms with Gasteiger partial charge in [0, 0.05) is 0 Å². The Labute approximate surface area is 255 Å². The molecule has 0 bridgehead atoms. The highest BCUT2D eigenvalue weighted by atomic mass is 16.6. The van der Waals surface area contributed by atoms with Crippen molar-refractivity contribution in [3.05, 3.63) is 156 Å². The summed E-state index contributed by atoms with van der Waals surface area (Å²) in [5, 5.41) is 10.7. The predicted molar refractivity (Wildman–Crippen MR) is 168 cm³/mol. The van der Waals surface area contributed by atoms with Crippen LogP contribution >= 0.6 is 0 Å². The third-order valence-electron chi connectivity index (χ3n) is 6.94. The standard InChI is InChI=1S/C37H42O6/c1-2-23-39-29-35(41-26-31-17-9-4-10-18-31)37(43-28-33-21-13-6-14-22-33)36(42-27-32-19-11-5-12-20-32)34(24-38)40-25-30-15-7-3-8-16-30/h2-22,34-38H,1,23-29H2/t34-,35-,36-,37-/m1/s1. The first-order valence-corrected chi connectivity index (χ1v) is 14.7. The van der Waals surface area contributed by atoms with E-state index in [1.807, 2.05) is 121 Å². The van der Waals surface area contributed by atoms with Crippen molar-refractivity contribution in [3.8, 4) is 0 Å². The van der Waals surface area contributed by atoms with Gasteiger partial charge in [-0.25, -0.2) is 0 Å². The fraction of sp³-hybridized carbons (Fsp3) is 0.297. The van der Waals surface area contributed by atoms with E-state index in [0.717, 1.165) is 22.3 Å². The van der Waals surface area contributed by atoms with Gasteiger partial charge in [0.15, 0.2) is 0 Å². The summed E-state index contributed by atoms with van der Waals surface area (Å²) in [5.41, 5.74) is 4.03. The van der Waals surface area contributed by atoms with Crippen LogP contribution in [0.3, 0.4) is 0 Å². The van der Waals surface area contributed by atoms with Crippen molar-refractivity contribution >= 4 is 0 Å². The molecule has 6 nitrogen and oxygen atoms in total. The number of hydrogen-bond acceptors (Lipinski definition) is 6. The second-order valence-electron chi connectivity index (χ2n) is 10.2. The quantitative estimate of drug-likeness (QED) is 0.0945. The summed E-state index contributed by atoms with van der Waals surface area (Å²) in [6.07, 6.45) is -0.876. The van der Waals surface area contributed by atoms with Gasteiger partial charge in [-0.2, -0.15) is 0 Å². The number of rotatable bonds is 20. The minimum absolute atomic E-state index is 0.236. The molecular weight excluding hydrogens is 540 g/mol. The second kappa shape index (κ2) is 18.8. The van der Waals surface area contributed by atoms with E-state index in [1.54, 1.807) is 6.08 Å². The van der Waals surface area contributed by atoms with E-state index >= 15 is 0 Å². The van der Waals surface area contributed by atoms with Crippen molar-refractivity contribution in [2.45, 2.75) is 50.8 Å². The van der Waals surface area contributed by atoms with Crippen LogP contribution in [0.25, 0.3) is 0 Å². The summed E-state index contributed by atoms with van der Waals surface area (Å²) in [7, 11) is 0. The fourth-order valence-corrected chi connectivity index (χ4v) is 4.67. The average Bonchev–Trinajstić information content (AvgIpc) is 3.07. The number of aliphatic hydroxyl groups excluding tert-OH is 1. The topological polar surface area (TPSA) is 66.4 Å².